The smallest absolute Gasteiger partial charge is 0.0561 e. The minimum atomic E-state index is 1.11. The van der Waals surface area contributed by atoms with Gasteiger partial charge in [-0.1, -0.05) is 127 Å². The molecule has 0 spiro atoms. The lowest BCUT2D eigenvalue weighted by molar-refractivity contribution is 1.18. The maximum Gasteiger partial charge on any atom is 0.0561 e. The summed E-state index contributed by atoms with van der Waals surface area (Å²) in [5, 5.41) is 2.47. The Labute approximate surface area is 257 Å². The van der Waals surface area contributed by atoms with Crippen LogP contribution in [-0.2, 0) is 0 Å². The molecule has 0 aliphatic carbocycles. The molecule has 0 bridgehead atoms. The number of aromatic nitrogens is 1. The SMILES string of the molecule is c1ccc(-c2cccc(-n3c4cc(-c5ccccc5)ccc4c4ccc(N(c5ccccc5)c5ccccc5)cc43)c2)cc1. The summed E-state index contributed by atoms with van der Waals surface area (Å²) in [5.41, 5.74) is 11.7. The van der Waals surface area contributed by atoms with Crippen LogP contribution in [0.25, 0.3) is 49.7 Å². The monoisotopic (exact) mass is 562 g/mol. The first-order chi connectivity index (χ1) is 21.8. The molecule has 2 heteroatoms. The van der Waals surface area contributed by atoms with Crippen LogP contribution in [0.4, 0.5) is 17.1 Å². The Morgan fingerprint density at radius 1 is 0.318 bits per heavy atom. The molecule has 0 unspecified atom stereocenters. The molecule has 7 aromatic carbocycles. The van der Waals surface area contributed by atoms with E-state index in [1.54, 1.807) is 0 Å². The molecule has 0 aliphatic heterocycles. The lowest BCUT2D eigenvalue weighted by atomic mass is 10.0. The predicted molar refractivity (Wildman–Crippen MR) is 186 cm³/mol. The van der Waals surface area contributed by atoms with E-state index in [4.69, 9.17) is 0 Å². The maximum absolute atomic E-state index is 2.43. The Hall–Kier alpha value is -5.86. The van der Waals surface area contributed by atoms with Crippen LogP contribution < -0.4 is 4.90 Å². The van der Waals surface area contributed by atoms with Crippen LogP contribution in [0.2, 0.25) is 0 Å². The third-order valence-electron chi connectivity index (χ3n) is 8.36. The molecule has 8 rings (SSSR count). The Kier molecular flexibility index (Phi) is 6.51. The number of benzene rings is 7. The Bertz CT molecular complexity index is 2160. The largest absolute Gasteiger partial charge is 0.310 e. The molecule has 44 heavy (non-hydrogen) atoms. The van der Waals surface area contributed by atoms with E-state index >= 15 is 0 Å². The molecule has 2 nitrogen and oxygen atoms in total. The number of rotatable bonds is 6. The number of para-hydroxylation sites is 2. The van der Waals surface area contributed by atoms with E-state index in [-0.39, 0.29) is 0 Å². The predicted octanol–water partition coefficient (Wildman–Crippen LogP) is 11.6. The van der Waals surface area contributed by atoms with Crippen LogP contribution in [0.3, 0.4) is 0 Å². The summed E-state index contributed by atoms with van der Waals surface area (Å²) in [4.78, 5) is 2.33. The zero-order valence-corrected chi connectivity index (χ0v) is 24.2. The summed E-state index contributed by atoms with van der Waals surface area (Å²) in [5.74, 6) is 0. The number of nitrogens with zero attached hydrogens (tertiary/aromatic N) is 2. The van der Waals surface area contributed by atoms with Gasteiger partial charge in [-0.25, -0.2) is 0 Å². The van der Waals surface area contributed by atoms with E-state index in [0.29, 0.717) is 0 Å². The zero-order valence-electron chi connectivity index (χ0n) is 24.2. The maximum atomic E-state index is 2.43. The first-order valence-electron chi connectivity index (χ1n) is 15.0. The molecule has 8 aromatic rings. The molecule has 1 aromatic heterocycles. The summed E-state index contributed by atoms with van der Waals surface area (Å²) in [6.45, 7) is 0. The minimum absolute atomic E-state index is 1.11. The summed E-state index contributed by atoms with van der Waals surface area (Å²) in [6.07, 6.45) is 0. The van der Waals surface area contributed by atoms with Crippen molar-refractivity contribution in [1.29, 1.82) is 0 Å². The molecule has 0 saturated carbocycles. The number of hydrogen-bond acceptors (Lipinski definition) is 1. The van der Waals surface area contributed by atoms with Gasteiger partial charge in [0.15, 0.2) is 0 Å². The highest BCUT2D eigenvalue weighted by molar-refractivity contribution is 6.11. The van der Waals surface area contributed by atoms with Crippen molar-refractivity contribution in [2.45, 2.75) is 0 Å². The topological polar surface area (TPSA) is 8.17 Å². The van der Waals surface area contributed by atoms with Crippen molar-refractivity contribution < 1.29 is 0 Å². The second-order valence-electron chi connectivity index (χ2n) is 11.1. The highest BCUT2D eigenvalue weighted by atomic mass is 15.1. The highest BCUT2D eigenvalue weighted by Crippen LogP contribution is 2.40. The number of hydrogen-bond donors (Lipinski definition) is 0. The standard InChI is InChI=1S/C42H30N2/c1-5-14-31(15-6-1)33-18-13-23-37(28-33)44-41-29-34(32-16-7-2-8-17-32)24-26-39(41)40-27-25-38(30-42(40)44)43(35-19-9-3-10-20-35)36-21-11-4-12-22-36/h1-30H. The molecule has 0 atom stereocenters. The van der Waals surface area contributed by atoms with Gasteiger partial charge in [-0.05, 0) is 76.9 Å². The number of fused-ring (bicyclic) bond motifs is 3. The zero-order chi connectivity index (χ0) is 29.3. The Balaban J connectivity index is 1.40. The quantitative estimate of drug-likeness (QED) is 0.196. The second-order valence-corrected chi connectivity index (χ2v) is 11.1. The van der Waals surface area contributed by atoms with Gasteiger partial charge in [0.05, 0.1) is 11.0 Å². The van der Waals surface area contributed by atoms with Crippen molar-refractivity contribution in [3.63, 3.8) is 0 Å². The summed E-state index contributed by atoms with van der Waals surface area (Å²) in [7, 11) is 0. The molecule has 0 N–H and O–H groups in total. The average Bonchev–Trinajstić information content (AvgIpc) is 3.43. The molecule has 0 saturated heterocycles. The van der Waals surface area contributed by atoms with Crippen molar-refractivity contribution in [2.24, 2.45) is 0 Å². The van der Waals surface area contributed by atoms with Crippen LogP contribution in [0.5, 0.6) is 0 Å². The number of anilines is 3. The fraction of sp³-hybridized carbons (Fsp3) is 0. The first kappa shape index (κ1) is 25.8. The lowest BCUT2D eigenvalue weighted by Crippen LogP contribution is -2.09. The van der Waals surface area contributed by atoms with E-state index in [1.807, 2.05) is 0 Å². The van der Waals surface area contributed by atoms with Gasteiger partial charge in [-0.15, -0.1) is 0 Å². The van der Waals surface area contributed by atoms with Gasteiger partial charge in [0, 0.05) is 33.5 Å². The van der Waals surface area contributed by atoms with E-state index < -0.39 is 0 Å². The molecular formula is C42H30N2. The molecule has 0 amide bonds. The van der Waals surface area contributed by atoms with Gasteiger partial charge in [-0.2, -0.15) is 0 Å². The van der Waals surface area contributed by atoms with Gasteiger partial charge in [0.1, 0.15) is 0 Å². The molecule has 0 fully saturated rings. The second kappa shape index (κ2) is 11.1. The normalized spacial score (nSPS) is 11.2. The fourth-order valence-electron chi connectivity index (χ4n) is 6.29. The minimum Gasteiger partial charge on any atom is -0.310 e. The van der Waals surface area contributed by atoms with Crippen molar-refractivity contribution in [3.8, 4) is 27.9 Å². The van der Waals surface area contributed by atoms with Crippen molar-refractivity contribution in [2.75, 3.05) is 4.90 Å². The summed E-state index contributed by atoms with van der Waals surface area (Å²) < 4.78 is 2.43. The third kappa shape index (κ3) is 4.63. The van der Waals surface area contributed by atoms with E-state index in [2.05, 4.69) is 191 Å². The van der Waals surface area contributed by atoms with E-state index in [0.717, 1.165) is 22.7 Å². The van der Waals surface area contributed by atoms with Gasteiger partial charge in [-0.3, -0.25) is 0 Å². The molecular weight excluding hydrogens is 532 g/mol. The van der Waals surface area contributed by atoms with Crippen LogP contribution in [-0.4, -0.2) is 4.57 Å². The van der Waals surface area contributed by atoms with E-state index in [1.165, 1.54) is 44.1 Å². The lowest BCUT2D eigenvalue weighted by Gasteiger charge is -2.25. The van der Waals surface area contributed by atoms with Gasteiger partial charge < -0.3 is 9.47 Å². The van der Waals surface area contributed by atoms with Crippen LogP contribution >= 0.6 is 0 Å². The molecule has 0 radical (unpaired) electrons. The van der Waals surface area contributed by atoms with Gasteiger partial charge in [0.25, 0.3) is 0 Å². The molecule has 1 heterocycles. The third-order valence-corrected chi connectivity index (χ3v) is 8.36. The molecule has 0 aliphatic rings. The Morgan fingerprint density at radius 3 is 1.39 bits per heavy atom. The van der Waals surface area contributed by atoms with Crippen molar-refractivity contribution in [1.82, 2.24) is 4.57 Å². The average molecular weight is 563 g/mol. The summed E-state index contributed by atoms with van der Waals surface area (Å²) >= 11 is 0. The van der Waals surface area contributed by atoms with Crippen molar-refractivity contribution in [3.05, 3.63) is 182 Å². The van der Waals surface area contributed by atoms with E-state index in [9.17, 15) is 0 Å². The summed E-state index contributed by atoms with van der Waals surface area (Å²) in [6, 6.07) is 65.1. The Morgan fingerprint density at radius 2 is 0.795 bits per heavy atom. The van der Waals surface area contributed by atoms with Crippen LogP contribution in [0, 0.1) is 0 Å². The van der Waals surface area contributed by atoms with Gasteiger partial charge >= 0.3 is 0 Å². The first-order valence-corrected chi connectivity index (χ1v) is 15.0. The van der Waals surface area contributed by atoms with Crippen LogP contribution in [0.1, 0.15) is 0 Å². The molecule has 208 valence electrons. The fourth-order valence-corrected chi connectivity index (χ4v) is 6.29. The van der Waals surface area contributed by atoms with Crippen LogP contribution in [0.15, 0.2) is 182 Å². The highest BCUT2D eigenvalue weighted by Gasteiger charge is 2.18. The van der Waals surface area contributed by atoms with Gasteiger partial charge in [0.2, 0.25) is 0 Å². The van der Waals surface area contributed by atoms with Crippen molar-refractivity contribution >= 4 is 38.9 Å².